The third kappa shape index (κ3) is 5.49. The number of hydrogen-bond acceptors (Lipinski definition) is 4. The van der Waals surface area contributed by atoms with Crippen LogP contribution in [0.4, 0.5) is 0 Å². The van der Waals surface area contributed by atoms with E-state index in [0.717, 1.165) is 36.6 Å². The Morgan fingerprint density at radius 3 is 2.53 bits per heavy atom. The molecule has 0 radical (unpaired) electrons. The minimum Gasteiger partial charge on any atom is -0.497 e. The first-order valence-corrected chi connectivity index (χ1v) is 6.66. The maximum absolute atomic E-state index is 9.32. The summed E-state index contributed by atoms with van der Waals surface area (Å²) in [6, 6.07) is 5.82. The molecule has 0 spiro atoms. The van der Waals surface area contributed by atoms with E-state index in [9.17, 15) is 5.11 Å². The average molecular weight is 267 g/mol. The highest BCUT2D eigenvalue weighted by molar-refractivity contribution is 5.40. The second kappa shape index (κ2) is 8.02. The van der Waals surface area contributed by atoms with Crippen molar-refractivity contribution in [3.8, 4) is 11.5 Å². The number of aliphatic hydroxyl groups excluding tert-OH is 1. The van der Waals surface area contributed by atoms with Crippen LogP contribution in [0.2, 0.25) is 0 Å². The molecule has 4 heteroatoms. The Kier molecular flexibility index (Phi) is 6.67. The molecule has 0 bridgehead atoms. The van der Waals surface area contributed by atoms with Crippen LogP contribution in [-0.2, 0) is 6.54 Å². The largest absolute Gasteiger partial charge is 0.497 e. The maximum Gasteiger partial charge on any atom is 0.127 e. The van der Waals surface area contributed by atoms with Gasteiger partial charge in [-0.3, -0.25) is 0 Å². The van der Waals surface area contributed by atoms with Crippen LogP contribution >= 0.6 is 0 Å². The zero-order valence-corrected chi connectivity index (χ0v) is 12.3. The van der Waals surface area contributed by atoms with Crippen LogP contribution < -0.4 is 14.8 Å². The van der Waals surface area contributed by atoms with Crippen molar-refractivity contribution in [3.05, 3.63) is 23.8 Å². The van der Waals surface area contributed by atoms with Gasteiger partial charge in [-0.2, -0.15) is 0 Å². The Balaban J connectivity index is 2.48. The lowest BCUT2D eigenvalue weighted by molar-refractivity contribution is 0.163. The normalized spacial score (nSPS) is 13.9. The number of ether oxygens (including phenoxy) is 2. The molecule has 4 nitrogen and oxygen atoms in total. The predicted octanol–water partition coefficient (Wildman–Crippen LogP) is 2.20. The Labute approximate surface area is 115 Å². The molecule has 0 aliphatic rings. The standard InChI is InChI=1S/C15H25NO3/c1-11(7-12(2)17)9-16-10-13-5-6-14(18-3)8-15(13)19-4/h5-6,8,11-12,16-17H,7,9-10H2,1-4H3. The summed E-state index contributed by atoms with van der Waals surface area (Å²) in [6.07, 6.45) is 0.569. The summed E-state index contributed by atoms with van der Waals surface area (Å²) in [5.74, 6) is 2.07. The Hall–Kier alpha value is -1.26. The number of benzene rings is 1. The van der Waals surface area contributed by atoms with E-state index in [-0.39, 0.29) is 6.10 Å². The van der Waals surface area contributed by atoms with E-state index < -0.39 is 0 Å². The van der Waals surface area contributed by atoms with Crippen LogP contribution in [-0.4, -0.2) is 32.0 Å². The molecule has 0 aromatic heterocycles. The van der Waals surface area contributed by atoms with Crippen LogP contribution in [0.3, 0.4) is 0 Å². The van der Waals surface area contributed by atoms with Crippen LogP contribution in [0.25, 0.3) is 0 Å². The fourth-order valence-electron chi connectivity index (χ4n) is 2.12. The number of rotatable bonds is 8. The molecule has 19 heavy (non-hydrogen) atoms. The van der Waals surface area contributed by atoms with Gasteiger partial charge in [-0.05, 0) is 31.9 Å². The zero-order chi connectivity index (χ0) is 14.3. The Bertz CT molecular complexity index is 380. The maximum atomic E-state index is 9.32. The summed E-state index contributed by atoms with van der Waals surface area (Å²) in [5.41, 5.74) is 1.10. The van der Waals surface area contributed by atoms with Crippen molar-refractivity contribution in [1.82, 2.24) is 5.32 Å². The first-order valence-electron chi connectivity index (χ1n) is 6.66. The molecule has 1 rings (SSSR count). The molecule has 2 N–H and O–H groups in total. The summed E-state index contributed by atoms with van der Waals surface area (Å²) in [7, 11) is 3.30. The van der Waals surface area contributed by atoms with Crippen LogP contribution in [0, 0.1) is 5.92 Å². The lowest BCUT2D eigenvalue weighted by atomic mass is 10.0. The molecule has 0 amide bonds. The number of aliphatic hydroxyl groups is 1. The predicted molar refractivity (Wildman–Crippen MR) is 76.7 cm³/mol. The van der Waals surface area contributed by atoms with Crippen molar-refractivity contribution < 1.29 is 14.6 Å². The quantitative estimate of drug-likeness (QED) is 0.758. The van der Waals surface area contributed by atoms with E-state index in [1.54, 1.807) is 14.2 Å². The van der Waals surface area contributed by atoms with E-state index in [2.05, 4.69) is 12.2 Å². The monoisotopic (exact) mass is 267 g/mol. The van der Waals surface area contributed by atoms with Gasteiger partial charge in [0.05, 0.1) is 20.3 Å². The Morgan fingerprint density at radius 2 is 1.95 bits per heavy atom. The number of nitrogens with one attached hydrogen (secondary N) is 1. The fourth-order valence-corrected chi connectivity index (χ4v) is 2.12. The molecule has 0 fully saturated rings. The number of hydrogen-bond donors (Lipinski definition) is 2. The minimum atomic E-state index is -0.243. The van der Waals surface area contributed by atoms with Gasteiger partial charge >= 0.3 is 0 Å². The molecular weight excluding hydrogens is 242 g/mol. The summed E-state index contributed by atoms with van der Waals surface area (Å²) in [4.78, 5) is 0. The summed E-state index contributed by atoms with van der Waals surface area (Å²) < 4.78 is 10.5. The van der Waals surface area contributed by atoms with Gasteiger partial charge < -0.3 is 19.9 Å². The fraction of sp³-hybridized carbons (Fsp3) is 0.600. The molecule has 0 aliphatic carbocycles. The minimum absolute atomic E-state index is 0.243. The lowest BCUT2D eigenvalue weighted by Gasteiger charge is -2.15. The van der Waals surface area contributed by atoms with Crippen molar-refractivity contribution in [2.45, 2.75) is 32.9 Å². The van der Waals surface area contributed by atoms with Crippen molar-refractivity contribution >= 4 is 0 Å². The Morgan fingerprint density at radius 1 is 1.21 bits per heavy atom. The first-order chi connectivity index (χ1) is 9.06. The van der Waals surface area contributed by atoms with Crippen molar-refractivity contribution in [2.24, 2.45) is 5.92 Å². The van der Waals surface area contributed by atoms with Crippen molar-refractivity contribution in [2.75, 3.05) is 20.8 Å². The van der Waals surface area contributed by atoms with E-state index in [1.165, 1.54) is 0 Å². The van der Waals surface area contributed by atoms with Gasteiger partial charge in [0, 0.05) is 18.2 Å². The zero-order valence-electron chi connectivity index (χ0n) is 12.3. The van der Waals surface area contributed by atoms with Gasteiger partial charge in [0.1, 0.15) is 11.5 Å². The third-order valence-corrected chi connectivity index (χ3v) is 3.05. The molecule has 2 atom stereocenters. The molecule has 0 heterocycles. The van der Waals surface area contributed by atoms with E-state index in [1.807, 2.05) is 25.1 Å². The summed E-state index contributed by atoms with van der Waals surface area (Å²) >= 11 is 0. The van der Waals surface area contributed by atoms with E-state index >= 15 is 0 Å². The summed E-state index contributed by atoms with van der Waals surface area (Å²) in [6.45, 7) is 5.57. The third-order valence-electron chi connectivity index (χ3n) is 3.05. The van der Waals surface area contributed by atoms with Crippen LogP contribution in [0.15, 0.2) is 18.2 Å². The topological polar surface area (TPSA) is 50.7 Å². The van der Waals surface area contributed by atoms with Gasteiger partial charge in [-0.25, -0.2) is 0 Å². The molecule has 0 saturated carbocycles. The number of methoxy groups -OCH3 is 2. The second-order valence-electron chi connectivity index (χ2n) is 5.00. The van der Waals surface area contributed by atoms with Crippen LogP contribution in [0.5, 0.6) is 11.5 Å². The van der Waals surface area contributed by atoms with Gasteiger partial charge in [0.25, 0.3) is 0 Å². The highest BCUT2D eigenvalue weighted by atomic mass is 16.5. The van der Waals surface area contributed by atoms with Gasteiger partial charge in [0.2, 0.25) is 0 Å². The molecule has 1 aromatic rings. The van der Waals surface area contributed by atoms with Crippen LogP contribution in [0.1, 0.15) is 25.8 Å². The van der Waals surface area contributed by atoms with Gasteiger partial charge in [-0.15, -0.1) is 0 Å². The van der Waals surface area contributed by atoms with Crippen molar-refractivity contribution in [1.29, 1.82) is 0 Å². The van der Waals surface area contributed by atoms with Crippen molar-refractivity contribution in [3.63, 3.8) is 0 Å². The molecular formula is C15H25NO3. The van der Waals surface area contributed by atoms with E-state index in [4.69, 9.17) is 9.47 Å². The highest BCUT2D eigenvalue weighted by Gasteiger charge is 2.08. The SMILES string of the molecule is COc1ccc(CNCC(C)CC(C)O)c(OC)c1. The second-order valence-corrected chi connectivity index (χ2v) is 5.00. The first kappa shape index (κ1) is 15.8. The van der Waals surface area contributed by atoms with Gasteiger partial charge in [0.15, 0.2) is 0 Å². The lowest BCUT2D eigenvalue weighted by Crippen LogP contribution is -2.23. The molecule has 0 saturated heterocycles. The van der Waals surface area contributed by atoms with E-state index in [0.29, 0.717) is 5.92 Å². The van der Waals surface area contributed by atoms with Gasteiger partial charge in [-0.1, -0.05) is 13.0 Å². The molecule has 0 aliphatic heterocycles. The highest BCUT2D eigenvalue weighted by Crippen LogP contribution is 2.24. The smallest absolute Gasteiger partial charge is 0.127 e. The average Bonchev–Trinajstić information content (AvgIpc) is 2.38. The molecule has 1 aromatic carbocycles. The summed E-state index contributed by atoms with van der Waals surface area (Å²) in [5, 5.41) is 12.7. The molecule has 2 unspecified atom stereocenters. The molecule has 108 valence electrons.